The molecule has 3 N–H and O–H groups in total. The number of aliphatic carboxylic acids is 1. The van der Waals surface area contributed by atoms with E-state index in [0.29, 0.717) is 0 Å². The lowest BCUT2D eigenvalue weighted by Crippen LogP contribution is -2.47. The smallest absolute Gasteiger partial charge is 0.323 e. The minimum absolute atomic E-state index is 0.0646. The third-order valence-corrected chi connectivity index (χ3v) is 3.35. The summed E-state index contributed by atoms with van der Waals surface area (Å²) in [5.74, 6) is -1.08. The molecule has 0 saturated heterocycles. The summed E-state index contributed by atoms with van der Waals surface area (Å²) in [5, 5.41) is 21.6. The average molecular weight is 266 g/mol. The molecule has 5 nitrogen and oxygen atoms in total. The Morgan fingerprint density at radius 2 is 2.26 bits per heavy atom. The topological polar surface area (TPSA) is 82.5 Å². The third-order valence-electron chi connectivity index (χ3n) is 3.35. The Hall–Kier alpha value is -1.46. The maximum atomic E-state index is 10.9. The molecule has 0 aliphatic heterocycles. The predicted molar refractivity (Wildman–Crippen MR) is 72.8 cm³/mol. The quantitative estimate of drug-likeness (QED) is 0.655. The number of carbonyl (C=O) groups is 1. The highest BCUT2D eigenvalue weighted by molar-refractivity contribution is 5.74. The number of nitrogens with zero attached hydrogens (tertiary/aromatic N) is 1. The van der Waals surface area contributed by atoms with E-state index in [1.165, 1.54) is 0 Å². The average Bonchev–Trinajstić information content (AvgIpc) is 2.40. The number of pyridine rings is 1. The number of hydrogen-bond acceptors (Lipinski definition) is 4. The number of aryl methyl sites for hydroxylation is 1. The first-order chi connectivity index (χ1) is 9.06. The van der Waals surface area contributed by atoms with E-state index in [9.17, 15) is 9.90 Å². The van der Waals surface area contributed by atoms with Crippen LogP contribution in [0.25, 0.3) is 0 Å². The van der Waals surface area contributed by atoms with E-state index >= 15 is 0 Å². The highest BCUT2D eigenvalue weighted by Crippen LogP contribution is 2.16. The van der Waals surface area contributed by atoms with Crippen LogP contribution in [0.5, 0.6) is 0 Å². The molecular weight excluding hydrogens is 244 g/mol. The molecule has 1 rings (SSSR count). The van der Waals surface area contributed by atoms with Crippen molar-refractivity contribution in [3.05, 3.63) is 30.1 Å². The molecule has 0 saturated carbocycles. The van der Waals surface area contributed by atoms with Crippen molar-refractivity contribution in [2.24, 2.45) is 5.92 Å². The predicted octanol–water partition coefficient (Wildman–Crippen LogP) is 1.07. The Bertz CT molecular complexity index is 384. The van der Waals surface area contributed by atoms with Gasteiger partial charge in [-0.05, 0) is 43.9 Å². The van der Waals surface area contributed by atoms with Crippen LogP contribution < -0.4 is 5.32 Å². The number of carboxylic acid groups (broad SMARTS) is 1. The zero-order valence-corrected chi connectivity index (χ0v) is 11.4. The maximum Gasteiger partial charge on any atom is 0.323 e. The number of likely N-dealkylation sites (N-methyl/N-ethyl adjacent to an activating group) is 1. The highest BCUT2D eigenvalue weighted by Gasteiger charge is 2.28. The van der Waals surface area contributed by atoms with Gasteiger partial charge in [0.2, 0.25) is 0 Å². The van der Waals surface area contributed by atoms with Crippen molar-refractivity contribution in [1.82, 2.24) is 10.3 Å². The lowest BCUT2D eigenvalue weighted by atomic mass is 9.92. The van der Waals surface area contributed by atoms with Crippen LogP contribution in [0.3, 0.4) is 0 Å². The van der Waals surface area contributed by atoms with Gasteiger partial charge >= 0.3 is 5.97 Å². The van der Waals surface area contributed by atoms with Crippen LogP contribution in [-0.4, -0.2) is 40.4 Å². The van der Waals surface area contributed by atoms with E-state index in [1.54, 1.807) is 13.2 Å². The standard InChI is InChI=1S/C14H22N2O3/c1-10(13(17)12(15-2)14(18)19)5-3-6-11-7-4-8-16-9-11/h4,7-10,12-13,15,17H,3,5-6H2,1-2H3,(H,18,19)/t10-,12+,13-/m1/s1. The highest BCUT2D eigenvalue weighted by atomic mass is 16.4. The summed E-state index contributed by atoms with van der Waals surface area (Å²) < 4.78 is 0. The lowest BCUT2D eigenvalue weighted by molar-refractivity contribution is -0.143. The van der Waals surface area contributed by atoms with Crippen molar-refractivity contribution in [2.45, 2.75) is 38.3 Å². The molecule has 0 aliphatic rings. The minimum atomic E-state index is -1.02. The molecular formula is C14H22N2O3. The lowest BCUT2D eigenvalue weighted by Gasteiger charge is -2.24. The van der Waals surface area contributed by atoms with Gasteiger partial charge in [-0.3, -0.25) is 9.78 Å². The maximum absolute atomic E-state index is 10.9. The van der Waals surface area contributed by atoms with Gasteiger partial charge in [0.15, 0.2) is 0 Å². The zero-order valence-electron chi connectivity index (χ0n) is 11.4. The van der Waals surface area contributed by atoms with Crippen molar-refractivity contribution >= 4 is 5.97 Å². The fourth-order valence-electron chi connectivity index (χ4n) is 2.11. The normalized spacial score (nSPS) is 15.7. The van der Waals surface area contributed by atoms with Gasteiger partial charge in [-0.1, -0.05) is 13.0 Å². The molecule has 0 bridgehead atoms. The van der Waals surface area contributed by atoms with Crippen LogP contribution in [0.15, 0.2) is 24.5 Å². The van der Waals surface area contributed by atoms with Crippen molar-refractivity contribution in [1.29, 1.82) is 0 Å². The minimum Gasteiger partial charge on any atom is -0.480 e. The second-order valence-corrected chi connectivity index (χ2v) is 4.83. The monoisotopic (exact) mass is 266 g/mol. The fraction of sp³-hybridized carbons (Fsp3) is 0.571. The Balaban J connectivity index is 2.38. The summed E-state index contributed by atoms with van der Waals surface area (Å²) in [6, 6.07) is 3.00. The van der Waals surface area contributed by atoms with Crippen molar-refractivity contribution in [2.75, 3.05) is 7.05 Å². The van der Waals surface area contributed by atoms with E-state index in [2.05, 4.69) is 10.3 Å². The number of nitrogens with one attached hydrogen (secondary N) is 1. The molecule has 0 fully saturated rings. The molecule has 3 atom stereocenters. The van der Waals surface area contributed by atoms with Crippen LogP contribution in [0, 0.1) is 5.92 Å². The number of hydrogen-bond donors (Lipinski definition) is 3. The largest absolute Gasteiger partial charge is 0.480 e. The van der Waals surface area contributed by atoms with Crippen molar-refractivity contribution < 1.29 is 15.0 Å². The van der Waals surface area contributed by atoms with Crippen LogP contribution >= 0.6 is 0 Å². The molecule has 0 amide bonds. The first-order valence-electron chi connectivity index (χ1n) is 6.53. The first-order valence-corrected chi connectivity index (χ1v) is 6.53. The molecule has 106 valence electrons. The molecule has 0 radical (unpaired) electrons. The molecule has 0 unspecified atom stereocenters. The number of aliphatic hydroxyl groups is 1. The number of rotatable bonds is 8. The number of aromatic nitrogens is 1. The second kappa shape index (κ2) is 7.86. The first kappa shape index (κ1) is 15.6. The van der Waals surface area contributed by atoms with Gasteiger partial charge in [0.1, 0.15) is 6.04 Å². The van der Waals surface area contributed by atoms with Gasteiger partial charge in [-0.15, -0.1) is 0 Å². The Morgan fingerprint density at radius 3 is 2.79 bits per heavy atom. The Kier molecular flexibility index (Phi) is 6.45. The van der Waals surface area contributed by atoms with Gasteiger partial charge in [-0.25, -0.2) is 0 Å². The Morgan fingerprint density at radius 1 is 1.53 bits per heavy atom. The summed E-state index contributed by atoms with van der Waals surface area (Å²) in [7, 11) is 1.55. The molecule has 0 aliphatic carbocycles. The summed E-state index contributed by atoms with van der Waals surface area (Å²) >= 11 is 0. The van der Waals surface area contributed by atoms with Gasteiger partial charge in [0, 0.05) is 12.4 Å². The number of carboxylic acids is 1. The fourth-order valence-corrected chi connectivity index (χ4v) is 2.11. The van der Waals surface area contributed by atoms with Gasteiger partial charge in [0.25, 0.3) is 0 Å². The summed E-state index contributed by atoms with van der Waals surface area (Å²) in [4.78, 5) is 15.0. The summed E-state index contributed by atoms with van der Waals surface area (Å²) in [6.07, 6.45) is 5.26. The molecule has 5 heteroatoms. The van der Waals surface area contributed by atoms with Gasteiger partial charge in [-0.2, -0.15) is 0 Å². The second-order valence-electron chi connectivity index (χ2n) is 4.83. The zero-order chi connectivity index (χ0) is 14.3. The van der Waals surface area contributed by atoms with Crippen molar-refractivity contribution in [3.63, 3.8) is 0 Å². The van der Waals surface area contributed by atoms with E-state index in [-0.39, 0.29) is 5.92 Å². The van der Waals surface area contributed by atoms with E-state index in [1.807, 2.05) is 25.3 Å². The summed E-state index contributed by atoms with van der Waals surface area (Å²) in [5.41, 5.74) is 1.16. The molecule has 1 heterocycles. The van der Waals surface area contributed by atoms with Crippen LogP contribution in [0.4, 0.5) is 0 Å². The van der Waals surface area contributed by atoms with E-state index in [4.69, 9.17) is 5.11 Å². The van der Waals surface area contributed by atoms with Crippen LogP contribution in [0.2, 0.25) is 0 Å². The van der Waals surface area contributed by atoms with Crippen LogP contribution in [0.1, 0.15) is 25.3 Å². The van der Waals surface area contributed by atoms with Crippen molar-refractivity contribution in [3.8, 4) is 0 Å². The molecule has 0 spiro atoms. The summed E-state index contributed by atoms with van der Waals surface area (Å²) in [6.45, 7) is 1.88. The van der Waals surface area contributed by atoms with Crippen LogP contribution in [-0.2, 0) is 11.2 Å². The van der Waals surface area contributed by atoms with E-state index in [0.717, 1.165) is 24.8 Å². The Labute approximate surface area is 113 Å². The SMILES string of the molecule is CN[C@H](C(=O)O)[C@H](O)[C@H](C)CCCc1cccnc1. The molecule has 1 aromatic rings. The van der Waals surface area contributed by atoms with E-state index < -0.39 is 18.1 Å². The van der Waals surface area contributed by atoms with Gasteiger partial charge in [0.05, 0.1) is 6.10 Å². The van der Waals surface area contributed by atoms with Gasteiger partial charge < -0.3 is 15.5 Å². The number of aliphatic hydroxyl groups excluding tert-OH is 1. The molecule has 1 aromatic heterocycles. The molecule has 19 heavy (non-hydrogen) atoms. The third kappa shape index (κ3) is 4.96. The molecule has 0 aromatic carbocycles.